The minimum absolute atomic E-state index is 0.0717. The van der Waals surface area contributed by atoms with Crippen LogP contribution in [-0.2, 0) is 4.74 Å². The summed E-state index contributed by atoms with van der Waals surface area (Å²) in [5, 5.41) is 7.16. The molecule has 2 N–H and O–H groups in total. The lowest BCUT2D eigenvalue weighted by atomic mass is 9.83. The normalized spacial score (nSPS) is 16.9. The Kier molecular flexibility index (Phi) is 5.17. The molecule has 0 saturated heterocycles. The summed E-state index contributed by atoms with van der Waals surface area (Å²) in [4.78, 5) is 11.5. The molecule has 1 aliphatic carbocycles. The molecule has 1 fully saturated rings. The van der Waals surface area contributed by atoms with Gasteiger partial charge in [0.1, 0.15) is 0 Å². The summed E-state index contributed by atoms with van der Waals surface area (Å²) >= 11 is 5.39. The summed E-state index contributed by atoms with van der Waals surface area (Å²) in [6, 6.07) is 7.14. The third-order valence-corrected chi connectivity index (χ3v) is 4.12. The zero-order chi connectivity index (χ0) is 15.3. The van der Waals surface area contributed by atoms with Crippen molar-refractivity contribution in [1.82, 2.24) is 5.32 Å². The van der Waals surface area contributed by atoms with Crippen molar-refractivity contribution in [2.75, 3.05) is 12.4 Å². The molecule has 0 aromatic heterocycles. The van der Waals surface area contributed by atoms with Crippen LogP contribution in [0.2, 0.25) is 0 Å². The molecule has 0 heterocycles. The van der Waals surface area contributed by atoms with E-state index in [9.17, 15) is 4.79 Å². The predicted octanol–water partition coefficient (Wildman–Crippen LogP) is 3.48. The van der Waals surface area contributed by atoms with Crippen LogP contribution in [0.5, 0.6) is 0 Å². The number of carbonyl (C=O) groups is 1. The van der Waals surface area contributed by atoms with Crippen LogP contribution in [0.25, 0.3) is 0 Å². The third kappa shape index (κ3) is 4.43. The Hall–Kier alpha value is -1.62. The highest BCUT2D eigenvalue weighted by Gasteiger charge is 2.27. The van der Waals surface area contributed by atoms with Gasteiger partial charge in [0.25, 0.3) is 0 Å². The molecule has 0 radical (unpaired) electrons. The van der Waals surface area contributed by atoms with Gasteiger partial charge in [-0.1, -0.05) is 25.3 Å². The predicted molar refractivity (Wildman–Crippen MR) is 88.6 cm³/mol. The minimum Gasteiger partial charge on any atom is -0.465 e. The summed E-state index contributed by atoms with van der Waals surface area (Å²) in [7, 11) is 1.37. The van der Waals surface area contributed by atoms with Crippen molar-refractivity contribution in [3.8, 4) is 0 Å². The van der Waals surface area contributed by atoms with Gasteiger partial charge in [-0.25, -0.2) is 4.79 Å². The zero-order valence-electron chi connectivity index (χ0n) is 12.6. The molecular formula is C16H22N2O2S. The van der Waals surface area contributed by atoms with Crippen molar-refractivity contribution in [3.05, 3.63) is 29.8 Å². The molecule has 1 aromatic rings. The molecule has 0 atom stereocenters. The van der Waals surface area contributed by atoms with Gasteiger partial charge >= 0.3 is 5.97 Å². The first kappa shape index (κ1) is 15.8. The van der Waals surface area contributed by atoms with E-state index in [-0.39, 0.29) is 11.5 Å². The molecule has 0 bridgehead atoms. The van der Waals surface area contributed by atoms with Crippen LogP contribution >= 0.6 is 12.2 Å². The maximum atomic E-state index is 11.5. The van der Waals surface area contributed by atoms with E-state index in [1.165, 1.54) is 26.4 Å². The lowest BCUT2D eigenvalue weighted by Crippen LogP contribution is -2.48. The monoisotopic (exact) mass is 306 g/mol. The number of methoxy groups -OCH3 is 1. The topological polar surface area (TPSA) is 50.4 Å². The molecule has 1 saturated carbocycles. The van der Waals surface area contributed by atoms with Crippen molar-refractivity contribution < 1.29 is 9.53 Å². The number of benzene rings is 1. The number of thiocarbonyl (C=S) groups is 1. The fourth-order valence-electron chi connectivity index (χ4n) is 2.74. The Balaban J connectivity index is 1.97. The van der Waals surface area contributed by atoms with Crippen LogP contribution in [-0.4, -0.2) is 23.7 Å². The first-order valence-electron chi connectivity index (χ1n) is 7.30. The number of nitrogens with one attached hydrogen (secondary N) is 2. The molecule has 0 spiro atoms. The molecule has 2 rings (SSSR count). The van der Waals surface area contributed by atoms with Gasteiger partial charge in [-0.05, 0) is 50.2 Å². The largest absolute Gasteiger partial charge is 0.465 e. The fraction of sp³-hybridized carbons (Fsp3) is 0.500. The third-order valence-electron chi connectivity index (χ3n) is 3.91. The Bertz CT molecular complexity index is 525. The van der Waals surface area contributed by atoms with Gasteiger partial charge in [0, 0.05) is 11.2 Å². The van der Waals surface area contributed by atoms with Gasteiger partial charge < -0.3 is 15.4 Å². The van der Waals surface area contributed by atoms with Gasteiger partial charge in [0.2, 0.25) is 0 Å². The lowest BCUT2D eigenvalue weighted by molar-refractivity contribution is 0.0601. The number of hydrogen-bond acceptors (Lipinski definition) is 3. The smallest absolute Gasteiger partial charge is 0.337 e. The SMILES string of the molecule is COC(=O)c1cccc(NC(=S)NC2(C)CCCCC2)c1. The molecule has 4 nitrogen and oxygen atoms in total. The van der Waals surface area contributed by atoms with E-state index in [0.29, 0.717) is 10.7 Å². The van der Waals surface area contributed by atoms with Gasteiger partial charge in [-0.2, -0.15) is 0 Å². The number of anilines is 1. The Morgan fingerprint density at radius 3 is 2.67 bits per heavy atom. The molecule has 0 aliphatic heterocycles. The van der Waals surface area contributed by atoms with E-state index in [1.54, 1.807) is 18.2 Å². The van der Waals surface area contributed by atoms with Crippen molar-refractivity contribution in [2.45, 2.75) is 44.6 Å². The molecule has 0 amide bonds. The van der Waals surface area contributed by atoms with E-state index in [2.05, 4.69) is 17.6 Å². The molecule has 1 aliphatic rings. The first-order chi connectivity index (χ1) is 10.0. The second-order valence-corrected chi connectivity index (χ2v) is 6.18. The molecule has 5 heteroatoms. The standard InChI is InChI=1S/C16H22N2O2S/c1-16(9-4-3-5-10-16)18-15(21)17-13-8-6-7-12(11-13)14(19)20-2/h6-8,11H,3-5,9-10H2,1-2H3,(H2,17,18,21). The molecular weight excluding hydrogens is 284 g/mol. The number of rotatable bonds is 3. The summed E-state index contributed by atoms with van der Waals surface area (Å²) < 4.78 is 4.72. The fourth-order valence-corrected chi connectivity index (χ4v) is 3.10. The molecule has 0 unspecified atom stereocenters. The Labute approximate surface area is 131 Å². The van der Waals surface area contributed by atoms with Gasteiger partial charge in [-0.15, -0.1) is 0 Å². The van der Waals surface area contributed by atoms with E-state index in [0.717, 1.165) is 18.5 Å². The van der Waals surface area contributed by atoms with Gasteiger partial charge in [0.15, 0.2) is 5.11 Å². The van der Waals surface area contributed by atoms with E-state index in [4.69, 9.17) is 17.0 Å². The van der Waals surface area contributed by atoms with Gasteiger partial charge in [0.05, 0.1) is 12.7 Å². The minimum atomic E-state index is -0.350. The zero-order valence-corrected chi connectivity index (χ0v) is 13.4. The number of hydrogen-bond donors (Lipinski definition) is 2. The van der Waals surface area contributed by atoms with Crippen molar-refractivity contribution in [2.24, 2.45) is 0 Å². The summed E-state index contributed by atoms with van der Waals surface area (Å²) in [6.07, 6.45) is 6.06. The summed E-state index contributed by atoms with van der Waals surface area (Å²) in [5.41, 5.74) is 1.37. The Morgan fingerprint density at radius 2 is 2.00 bits per heavy atom. The van der Waals surface area contributed by atoms with Gasteiger partial charge in [-0.3, -0.25) is 0 Å². The maximum absolute atomic E-state index is 11.5. The quantitative estimate of drug-likeness (QED) is 0.661. The van der Waals surface area contributed by atoms with Crippen LogP contribution in [0.15, 0.2) is 24.3 Å². The highest BCUT2D eigenvalue weighted by Crippen LogP contribution is 2.27. The van der Waals surface area contributed by atoms with Crippen molar-refractivity contribution in [1.29, 1.82) is 0 Å². The summed E-state index contributed by atoms with van der Waals surface area (Å²) in [5.74, 6) is -0.350. The number of carbonyl (C=O) groups excluding carboxylic acids is 1. The molecule has 114 valence electrons. The van der Waals surface area contributed by atoms with E-state index in [1.807, 2.05) is 6.07 Å². The average molecular weight is 306 g/mol. The maximum Gasteiger partial charge on any atom is 0.337 e. The second kappa shape index (κ2) is 6.89. The van der Waals surface area contributed by atoms with E-state index >= 15 is 0 Å². The van der Waals surface area contributed by atoms with Crippen LogP contribution in [0, 0.1) is 0 Å². The van der Waals surface area contributed by atoms with Crippen molar-refractivity contribution in [3.63, 3.8) is 0 Å². The molecule has 21 heavy (non-hydrogen) atoms. The second-order valence-electron chi connectivity index (χ2n) is 5.77. The van der Waals surface area contributed by atoms with Crippen LogP contribution in [0.1, 0.15) is 49.4 Å². The highest BCUT2D eigenvalue weighted by molar-refractivity contribution is 7.80. The van der Waals surface area contributed by atoms with Crippen LogP contribution < -0.4 is 10.6 Å². The first-order valence-corrected chi connectivity index (χ1v) is 7.71. The summed E-state index contributed by atoms with van der Waals surface area (Å²) in [6.45, 7) is 2.21. The van der Waals surface area contributed by atoms with Crippen LogP contribution in [0.3, 0.4) is 0 Å². The van der Waals surface area contributed by atoms with Crippen LogP contribution in [0.4, 0.5) is 5.69 Å². The van der Waals surface area contributed by atoms with Crippen molar-refractivity contribution >= 4 is 29.0 Å². The lowest BCUT2D eigenvalue weighted by Gasteiger charge is -2.35. The molecule has 1 aromatic carbocycles. The van der Waals surface area contributed by atoms with E-state index < -0.39 is 0 Å². The highest BCUT2D eigenvalue weighted by atomic mass is 32.1. The average Bonchev–Trinajstić information content (AvgIpc) is 2.46. The number of ether oxygens (including phenoxy) is 1. The Morgan fingerprint density at radius 1 is 1.29 bits per heavy atom. The number of esters is 1.